The van der Waals surface area contributed by atoms with E-state index in [1.165, 1.54) is 4.90 Å². The molecule has 1 saturated heterocycles. The lowest BCUT2D eigenvalue weighted by atomic mass is 10.00. The molecular formula is C20H18F4N2O2. The summed E-state index contributed by atoms with van der Waals surface area (Å²) < 4.78 is 52.3. The molecule has 0 spiro atoms. The van der Waals surface area contributed by atoms with Crippen molar-refractivity contribution in [3.63, 3.8) is 0 Å². The number of benzene rings is 2. The van der Waals surface area contributed by atoms with Crippen molar-refractivity contribution in [2.75, 3.05) is 11.9 Å². The number of rotatable bonds is 4. The molecule has 1 unspecified atom stereocenters. The Hall–Kier alpha value is -2.90. The topological polar surface area (TPSA) is 49.4 Å². The lowest BCUT2D eigenvalue weighted by Crippen LogP contribution is -2.43. The summed E-state index contributed by atoms with van der Waals surface area (Å²) in [6.45, 7) is 0.378. The fourth-order valence-electron chi connectivity index (χ4n) is 3.24. The Morgan fingerprint density at radius 3 is 2.43 bits per heavy atom. The third kappa shape index (κ3) is 4.32. The van der Waals surface area contributed by atoms with Crippen molar-refractivity contribution in [3.05, 3.63) is 65.5 Å². The maximum absolute atomic E-state index is 13.5. The van der Waals surface area contributed by atoms with Crippen LogP contribution in [0.4, 0.5) is 23.2 Å². The van der Waals surface area contributed by atoms with Crippen molar-refractivity contribution in [3.8, 4) is 0 Å². The number of likely N-dealkylation sites (tertiary alicyclic amines) is 1. The van der Waals surface area contributed by atoms with Crippen LogP contribution in [-0.4, -0.2) is 23.3 Å². The highest BCUT2D eigenvalue weighted by Crippen LogP contribution is 2.33. The van der Waals surface area contributed by atoms with Crippen LogP contribution in [0.1, 0.15) is 36.4 Å². The second kappa shape index (κ2) is 8.00. The number of nitrogens with one attached hydrogen (secondary N) is 1. The SMILES string of the molecule is O=C(Nc1ccc(F)c(C(F)(F)F)c1)C(c1ccccc1)N1CCCCC1=O. The molecule has 0 saturated carbocycles. The largest absolute Gasteiger partial charge is 0.419 e. The fraction of sp³-hybridized carbons (Fsp3) is 0.300. The first kappa shape index (κ1) is 19.9. The lowest BCUT2D eigenvalue weighted by Gasteiger charge is -2.34. The van der Waals surface area contributed by atoms with Crippen molar-refractivity contribution < 1.29 is 27.2 Å². The molecule has 2 aromatic rings. The lowest BCUT2D eigenvalue weighted by molar-refractivity contribution is -0.141. The van der Waals surface area contributed by atoms with Gasteiger partial charge in [0.05, 0.1) is 5.56 Å². The number of carbonyl (C=O) groups excluding carboxylic acids is 2. The van der Waals surface area contributed by atoms with E-state index in [1.807, 2.05) is 0 Å². The molecule has 4 nitrogen and oxygen atoms in total. The Morgan fingerprint density at radius 2 is 1.79 bits per heavy atom. The summed E-state index contributed by atoms with van der Waals surface area (Å²) in [5.41, 5.74) is -1.10. The van der Waals surface area contributed by atoms with Gasteiger partial charge in [0.25, 0.3) is 5.91 Å². The van der Waals surface area contributed by atoms with Crippen molar-refractivity contribution >= 4 is 17.5 Å². The van der Waals surface area contributed by atoms with Crippen LogP contribution in [0, 0.1) is 5.82 Å². The van der Waals surface area contributed by atoms with Crippen LogP contribution >= 0.6 is 0 Å². The zero-order chi connectivity index (χ0) is 20.3. The monoisotopic (exact) mass is 394 g/mol. The minimum atomic E-state index is -4.88. The number of nitrogens with zero attached hydrogens (tertiary/aromatic N) is 1. The molecule has 148 valence electrons. The number of hydrogen-bond donors (Lipinski definition) is 1. The number of anilines is 1. The summed E-state index contributed by atoms with van der Waals surface area (Å²) in [5, 5.41) is 2.40. The molecule has 1 atom stereocenters. The van der Waals surface area contributed by atoms with Gasteiger partial charge in [-0.3, -0.25) is 9.59 Å². The average molecular weight is 394 g/mol. The average Bonchev–Trinajstić information content (AvgIpc) is 2.65. The summed E-state index contributed by atoms with van der Waals surface area (Å²) in [5.74, 6) is -2.26. The molecule has 1 aliphatic rings. The van der Waals surface area contributed by atoms with Crippen molar-refractivity contribution in [1.82, 2.24) is 4.90 Å². The minimum Gasteiger partial charge on any atom is -0.327 e. The second-order valence-corrected chi connectivity index (χ2v) is 6.54. The highest BCUT2D eigenvalue weighted by Gasteiger charge is 2.35. The maximum Gasteiger partial charge on any atom is 0.419 e. The molecule has 1 fully saturated rings. The quantitative estimate of drug-likeness (QED) is 0.775. The van der Waals surface area contributed by atoms with E-state index in [0.29, 0.717) is 30.7 Å². The third-order valence-electron chi connectivity index (χ3n) is 4.57. The van der Waals surface area contributed by atoms with Crippen molar-refractivity contribution in [2.45, 2.75) is 31.5 Å². The van der Waals surface area contributed by atoms with Crippen LogP contribution in [0.3, 0.4) is 0 Å². The molecule has 0 aromatic heterocycles. The van der Waals surface area contributed by atoms with Crippen LogP contribution in [0.25, 0.3) is 0 Å². The van der Waals surface area contributed by atoms with Gasteiger partial charge in [-0.05, 0) is 36.6 Å². The molecule has 2 aromatic carbocycles. The first-order chi connectivity index (χ1) is 13.3. The van der Waals surface area contributed by atoms with Crippen LogP contribution in [0.15, 0.2) is 48.5 Å². The number of piperidine rings is 1. The molecule has 1 aliphatic heterocycles. The molecule has 0 bridgehead atoms. The van der Waals surface area contributed by atoms with Gasteiger partial charge in [0, 0.05) is 18.7 Å². The van der Waals surface area contributed by atoms with Crippen LogP contribution < -0.4 is 5.32 Å². The zero-order valence-electron chi connectivity index (χ0n) is 14.8. The van der Waals surface area contributed by atoms with Gasteiger partial charge in [-0.25, -0.2) is 4.39 Å². The summed E-state index contributed by atoms with van der Waals surface area (Å²) in [7, 11) is 0. The molecule has 1 heterocycles. The minimum absolute atomic E-state index is 0.190. The normalized spacial score (nSPS) is 16.0. The van der Waals surface area contributed by atoms with E-state index in [1.54, 1.807) is 30.3 Å². The van der Waals surface area contributed by atoms with Crippen molar-refractivity contribution in [1.29, 1.82) is 0 Å². The first-order valence-electron chi connectivity index (χ1n) is 8.79. The van der Waals surface area contributed by atoms with E-state index in [2.05, 4.69) is 5.32 Å². The standard InChI is InChI=1S/C20H18F4N2O2/c21-16-10-9-14(12-15(16)20(22,23)24)25-19(28)18(13-6-2-1-3-7-13)26-11-5-4-8-17(26)27/h1-3,6-7,9-10,12,18H,4-5,8,11H2,(H,25,28). The van der Waals surface area contributed by atoms with Crippen LogP contribution in [0.2, 0.25) is 0 Å². The first-order valence-corrected chi connectivity index (χ1v) is 8.79. The Morgan fingerprint density at radius 1 is 1.07 bits per heavy atom. The zero-order valence-corrected chi connectivity index (χ0v) is 14.8. The molecule has 28 heavy (non-hydrogen) atoms. The Balaban J connectivity index is 1.91. The van der Waals surface area contributed by atoms with E-state index >= 15 is 0 Å². The van der Waals surface area contributed by atoms with Gasteiger partial charge in [0.2, 0.25) is 5.91 Å². The highest BCUT2D eigenvalue weighted by atomic mass is 19.4. The van der Waals surface area contributed by atoms with Crippen molar-refractivity contribution in [2.24, 2.45) is 0 Å². The number of amides is 2. The Kier molecular flexibility index (Phi) is 5.67. The van der Waals surface area contributed by atoms with Gasteiger partial charge >= 0.3 is 6.18 Å². The van der Waals surface area contributed by atoms with E-state index < -0.39 is 29.5 Å². The highest BCUT2D eigenvalue weighted by molar-refractivity contribution is 5.98. The second-order valence-electron chi connectivity index (χ2n) is 6.54. The molecule has 1 N–H and O–H groups in total. The number of carbonyl (C=O) groups is 2. The third-order valence-corrected chi connectivity index (χ3v) is 4.57. The predicted molar refractivity (Wildman–Crippen MR) is 94.8 cm³/mol. The van der Waals surface area contributed by atoms with E-state index in [9.17, 15) is 27.2 Å². The smallest absolute Gasteiger partial charge is 0.327 e. The van der Waals surface area contributed by atoms with Gasteiger partial charge in [-0.1, -0.05) is 30.3 Å². The molecule has 8 heteroatoms. The summed E-state index contributed by atoms with van der Waals surface area (Å²) in [4.78, 5) is 26.7. The number of alkyl halides is 3. The summed E-state index contributed by atoms with van der Waals surface area (Å²) >= 11 is 0. The fourth-order valence-corrected chi connectivity index (χ4v) is 3.24. The maximum atomic E-state index is 13.5. The number of halogens is 4. The molecule has 0 aliphatic carbocycles. The molecule has 2 amide bonds. The van der Waals surface area contributed by atoms with E-state index in [4.69, 9.17) is 0 Å². The molecule has 3 rings (SSSR count). The summed E-state index contributed by atoms with van der Waals surface area (Å²) in [6.07, 6.45) is -3.11. The number of hydrogen-bond acceptors (Lipinski definition) is 2. The van der Waals surface area contributed by atoms with Gasteiger partial charge < -0.3 is 10.2 Å². The summed E-state index contributed by atoms with van der Waals surface area (Å²) in [6, 6.07) is 9.82. The van der Waals surface area contributed by atoms with Crippen LogP contribution in [-0.2, 0) is 15.8 Å². The van der Waals surface area contributed by atoms with Crippen LogP contribution in [0.5, 0.6) is 0 Å². The predicted octanol–water partition coefficient (Wildman–Crippen LogP) is 4.54. The molecular weight excluding hydrogens is 376 g/mol. The van der Waals surface area contributed by atoms with Gasteiger partial charge in [0.1, 0.15) is 11.9 Å². The van der Waals surface area contributed by atoms with E-state index in [-0.39, 0.29) is 11.6 Å². The Bertz CT molecular complexity index is 868. The van der Waals surface area contributed by atoms with E-state index in [0.717, 1.165) is 18.9 Å². The Labute approximate surface area is 159 Å². The van der Waals surface area contributed by atoms with Gasteiger partial charge in [-0.15, -0.1) is 0 Å². The molecule has 0 radical (unpaired) electrons. The van der Waals surface area contributed by atoms with Gasteiger partial charge in [-0.2, -0.15) is 13.2 Å². The van der Waals surface area contributed by atoms with Gasteiger partial charge in [0.15, 0.2) is 0 Å².